The molecule has 226 valence electrons. The highest BCUT2D eigenvalue weighted by Crippen LogP contribution is 2.35. The number of nitro groups is 1. The van der Waals surface area contributed by atoms with E-state index in [1.54, 1.807) is 19.1 Å². The minimum absolute atomic E-state index is 0.0150. The van der Waals surface area contributed by atoms with E-state index >= 15 is 0 Å². The number of thiophene rings is 1. The number of nitrogens with zero attached hydrogens (tertiary/aromatic N) is 3. The lowest BCUT2D eigenvalue weighted by Crippen LogP contribution is -2.36. The maximum atomic E-state index is 13.8. The molecule has 1 atom stereocenters. The van der Waals surface area contributed by atoms with Crippen molar-refractivity contribution in [1.29, 1.82) is 0 Å². The molecule has 5 rings (SSSR count). The Bertz CT molecular complexity index is 1450. The molecule has 43 heavy (non-hydrogen) atoms. The van der Waals surface area contributed by atoms with Gasteiger partial charge in [0.1, 0.15) is 11.9 Å². The first-order chi connectivity index (χ1) is 21.0. The van der Waals surface area contributed by atoms with Gasteiger partial charge in [0.15, 0.2) is 0 Å². The Kier molecular flexibility index (Phi) is 10.7. The molecule has 0 saturated carbocycles. The van der Waals surface area contributed by atoms with Crippen LogP contribution in [0.1, 0.15) is 53.3 Å². The van der Waals surface area contributed by atoms with Crippen LogP contribution in [0.25, 0.3) is 0 Å². The van der Waals surface area contributed by atoms with Gasteiger partial charge in [0.25, 0.3) is 5.69 Å². The van der Waals surface area contributed by atoms with E-state index in [2.05, 4.69) is 22.3 Å². The fourth-order valence-electron chi connectivity index (χ4n) is 5.44. The van der Waals surface area contributed by atoms with Crippen LogP contribution in [0.2, 0.25) is 0 Å². The largest absolute Gasteiger partial charge is 0.462 e. The maximum absolute atomic E-state index is 13.8. The lowest BCUT2D eigenvalue weighted by atomic mass is 9.94. The van der Waals surface area contributed by atoms with Gasteiger partial charge >= 0.3 is 5.97 Å². The predicted molar refractivity (Wildman–Crippen MR) is 168 cm³/mol. The number of hydrogen-bond acceptors (Lipinski definition) is 9. The van der Waals surface area contributed by atoms with Crippen LogP contribution in [-0.4, -0.2) is 61.1 Å². The van der Waals surface area contributed by atoms with Crippen molar-refractivity contribution in [2.24, 2.45) is 4.99 Å². The van der Waals surface area contributed by atoms with E-state index < -0.39 is 16.9 Å². The van der Waals surface area contributed by atoms with Crippen LogP contribution < -0.4 is 5.32 Å². The molecule has 2 aliphatic heterocycles. The highest BCUT2D eigenvalue weighted by atomic mass is 32.1. The van der Waals surface area contributed by atoms with Gasteiger partial charge in [-0.1, -0.05) is 55.0 Å². The quantitative estimate of drug-likeness (QED) is 0.111. The Hall–Kier alpha value is -3.86. The molecule has 3 heterocycles. The van der Waals surface area contributed by atoms with Crippen LogP contribution in [-0.2, 0) is 20.7 Å². The first-order valence-corrected chi connectivity index (χ1v) is 15.8. The number of carbonyl (C=O) groups is 1. The standard InChI is InChI=1S/C33H38N4O5S/c1-24-14-15-26(22-28(24)37(39)40)31-30(33(38)42-19-8-12-25-10-4-2-5-11-25)27(34-32(35-31)29-13-9-21-43-29)23-41-20-18-36-16-6-3-7-17-36/h2,4-5,9-11,13-15,21-22,31H,3,6-8,12,16-20,23H2,1H3,(H,34,35). The first kappa shape index (κ1) is 30.6. The second-order valence-electron chi connectivity index (χ2n) is 10.9. The van der Waals surface area contributed by atoms with Crippen molar-refractivity contribution in [2.45, 2.75) is 45.1 Å². The summed E-state index contributed by atoms with van der Waals surface area (Å²) in [6.45, 7) is 5.61. The molecule has 3 aromatic rings. The van der Waals surface area contributed by atoms with Crippen LogP contribution in [0, 0.1) is 17.0 Å². The van der Waals surface area contributed by atoms with Crippen molar-refractivity contribution >= 4 is 28.8 Å². The summed E-state index contributed by atoms with van der Waals surface area (Å²) in [5.74, 6) is 0.0934. The average molecular weight is 603 g/mol. The number of nitrogens with one attached hydrogen (secondary N) is 1. The van der Waals surface area contributed by atoms with E-state index in [9.17, 15) is 14.9 Å². The normalized spacial score (nSPS) is 17.3. The van der Waals surface area contributed by atoms with Crippen molar-refractivity contribution in [3.05, 3.63) is 109 Å². The van der Waals surface area contributed by atoms with E-state index in [1.807, 2.05) is 35.7 Å². The minimum atomic E-state index is -0.792. The van der Waals surface area contributed by atoms with Gasteiger partial charge in [0.05, 0.1) is 40.9 Å². The molecule has 1 fully saturated rings. The topological polar surface area (TPSA) is 106 Å². The first-order valence-electron chi connectivity index (χ1n) is 14.9. The van der Waals surface area contributed by atoms with Gasteiger partial charge < -0.3 is 19.7 Å². The zero-order valence-corrected chi connectivity index (χ0v) is 25.3. The number of amidine groups is 1. The van der Waals surface area contributed by atoms with Crippen LogP contribution in [0.4, 0.5) is 5.69 Å². The highest BCUT2D eigenvalue weighted by molar-refractivity contribution is 7.12. The molecule has 0 aliphatic carbocycles. The van der Waals surface area contributed by atoms with Crippen molar-refractivity contribution in [3.63, 3.8) is 0 Å². The van der Waals surface area contributed by atoms with E-state index in [0.717, 1.165) is 30.9 Å². The van der Waals surface area contributed by atoms with Gasteiger partial charge in [0, 0.05) is 18.2 Å². The van der Waals surface area contributed by atoms with Crippen LogP contribution >= 0.6 is 11.3 Å². The van der Waals surface area contributed by atoms with Crippen LogP contribution in [0.3, 0.4) is 0 Å². The summed E-state index contributed by atoms with van der Waals surface area (Å²) in [6.07, 6.45) is 5.14. The van der Waals surface area contributed by atoms with Crippen molar-refractivity contribution in [2.75, 3.05) is 39.5 Å². The Morgan fingerprint density at radius 1 is 1.09 bits per heavy atom. The molecule has 0 radical (unpaired) electrons. The summed E-state index contributed by atoms with van der Waals surface area (Å²) in [5.41, 5.74) is 3.14. The number of aryl methyl sites for hydroxylation is 2. The summed E-state index contributed by atoms with van der Waals surface area (Å²) in [7, 11) is 0. The Balaban J connectivity index is 1.41. The fourth-order valence-corrected chi connectivity index (χ4v) is 6.11. The number of hydrogen-bond donors (Lipinski definition) is 1. The van der Waals surface area contributed by atoms with E-state index in [4.69, 9.17) is 14.5 Å². The summed E-state index contributed by atoms with van der Waals surface area (Å²) >= 11 is 1.52. The smallest absolute Gasteiger partial charge is 0.338 e. The number of piperidine rings is 1. The summed E-state index contributed by atoms with van der Waals surface area (Å²) in [5, 5.41) is 17.1. The molecule has 2 aliphatic rings. The van der Waals surface area contributed by atoms with Gasteiger partial charge in [-0.2, -0.15) is 0 Å². The summed E-state index contributed by atoms with van der Waals surface area (Å²) < 4.78 is 12.0. The molecule has 10 heteroatoms. The number of nitro benzene ring substituents is 1. The molecule has 0 spiro atoms. The minimum Gasteiger partial charge on any atom is -0.462 e. The Morgan fingerprint density at radius 3 is 2.65 bits per heavy atom. The molecule has 0 amide bonds. The number of ether oxygens (including phenoxy) is 2. The van der Waals surface area contributed by atoms with Crippen molar-refractivity contribution in [1.82, 2.24) is 10.2 Å². The highest BCUT2D eigenvalue weighted by Gasteiger charge is 2.33. The molecule has 1 aromatic heterocycles. The zero-order valence-electron chi connectivity index (χ0n) is 24.5. The molecular weight excluding hydrogens is 564 g/mol. The summed E-state index contributed by atoms with van der Waals surface area (Å²) in [4.78, 5) is 33.4. The zero-order chi connectivity index (χ0) is 30.0. The van der Waals surface area contributed by atoms with Gasteiger partial charge in [-0.3, -0.25) is 15.1 Å². The fraction of sp³-hybridized carbons (Fsp3) is 0.394. The van der Waals surface area contributed by atoms with Crippen LogP contribution in [0.15, 0.2) is 82.3 Å². The lowest BCUT2D eigenvalue weighted by molar-refractivity contribution is -0.385. The third-order valence-corrected chi connectivity index (χ3v) is 8.66. The molecule has 9 nitrogen and oxygen atoms in total. The summed E-state index contributed by atoms with van der Waals surface area (Å²) in [6, 6.07) is 18.2. The van der Waals surface area contributed by atoms with Gasteiger partial charge in [-0.05, 0) is 68.3 Å². The monoisotopic (exact) mass is 602 g/mol. The number of rotatable bonds is 13. The third kappa shape index (κ3) is 8.16. The average Bonchev–Trinajstić information content (AvgIpc) is 3.57. The molecule has 1 saturated heterocycles. The lowest BCUT2D eigenvalue weighted by Gasteiger charge is -2.28. The Labute approximate surface area is 256 Å². The van der Waals surface area contributed by atoms with Crippen LogP contribution in [0.5, 0.6) is 0 Å². The van der Waals surface area contributed by atoms with E-state index in [1.165, 1.54) is 42.2 Å². The molecular formula is C33H38N4O5S. The number of esters is 1. The van der Waals surface area contributed by atoms with E-state index in [0.29, 0.717) is 41.3 Å². The molecule has 0 bridgehead atoms. The third-order valence-electron chi connectivity index (χ3n) is 7.78. The molecule has 1 N–H and O–H groups in total. The molecule has 1 unspecified atom stereocenters. The van der Waals surface area contributed by atoms with E-state index in [-0.39, 0.29) is 18.9 Å². The van der Waals surface area contributed by atoms with Gasteiger partial charge in [-0.15, -0.1) is 11.3 Å². The maximum Gasteiger partial charge on any atom is 0.338 e. The SMILES string of the molecule is Cc1ccc(C2N=C(c3cccs3)NC(COCCN3CCCCC3)=C2C(=O)OCCCc2ccccc2)cc1[N+](=O)[O-]. The van der Waals surface area contributed by atoms with Crippen molar-refractivity contribution < 1.29 is 19.2 Å². The van der Waals surface area contributed by atoms with Gasteiger partial charge in [0.2, 0.25) is 0 Å². The van der Waals surface area contributed by atoms with Gasteiger partial charge in [-0.25, -0.2) is 4.79 Å². The number of likely N-dealkylation sites (tertiary alicyclic amines) is 1. The number of carbonyl (C=O) groups excluding carboxylic acids is 1. The molecule has 2 aromatic carbocycles. The predicted octanol–water partition coefficient (Wildman–Crippen LogP) is 5.99. The number of benzene rings is 2. The second-order valence-corrected chi connectivity index (χ2v) is 11.8. The number of aliphatic imine (C=N–C) groups is 1. The second kappa shape index (κ2) is 15.0. The van der Waals surface area contributed by atoms with Crippen molar-refractivity contribution in [3.8, 4) is 0 Å². The Morgan fingerprint density at radius 2 is 1.91 bits per heavy atom.